The van der Waals surface area contributed by atoms with Gasteiger partial charge in [-0.1, -0.05) is 0 Å². The molecular weight excluding hydrogens is 178 g/mol. The normalized spacial score (nSPS) is 16.6. The first-order valence-electron chi connectivity index (χ1n) is 4.71. The zero-order valence-electron chi connectivity index (χ0n) is 8.10. The molecule has 0 saturated carbocycles. The van der Waals surface area contributed by atoms with Gasteiger partial charge in [0.2, 0.25) is 0 Å². The molecule has 3 heteroatoms. The molecule has 1 aromatic carbocycles. The molecule has 0 aliphatic carbocycles. The third-order valence-electron chi connectivity index (χ3n) is 2.50. The highest BCUT2D eigenvalue weighted by atomic mass is 16.3. The fraction of sp³-hybridized carbons (Fsp3) is 0.364. The summed E-state index contributed by atoms with van der Waals surface area (Å²) >= 11 is 0. The van der Waals surface area contributed by atoms with Crippen LogP contribution in [0.5, 0.6) is 0 Å². The van der Waals surface area contributed by atoms with Gasteiger partial charge in [0.05, 0.1) is 6.10 Å². The number of carbonyl (C=O) groups is 1. The number of anilines is 1. The van der Waals surface area contributed by atoms with Crippen molar-refractivity contribution in [3.8, 4) is 0 Å². The highest BCUT2D eigenvalue weighted by molar-refractivity contribution is 5.94. The SMILES string of the molecule is CC(=O)c1ccc(N2CC(O)C2)cc1. The lowest BCUT2D eigenvalue weighted by atomic mass is 10.1. The summed E-state index contributed by atoms with van der Waals surface area (Å²) in [5.74, 6) is 0.0835. The van der Waals surface area contributed by atoms with E-state index in [0.717, 1.165) is 11.3 Å². The molecule has 0 spiro atoms. The summed E-state index contributed by atoms with van der Waals surface area (Å²) in [6, 6.07) is 7.48. The molecule has 1 aliphatic heterocycles. The van der Waals surface area contributed by atoms with Crippen molar-refractivity contribution in [2.75, 3.05) is 18.0 Å². The van der Waals surface area contributed by atoms with E-state index in [1.54, 1.807) is 6.92 Å². The number of hydrogen-bond donors (Lipinski definition) is 1. The Balaban J connectivity index is 2.10. The number of ketones is 1. The van der Waals surface area contributed by atoms with Gasteiger partial charge < -0.3 is 10.0 Å². The van der Waals surface area contributed by atoms with Gasteiger partial charge in [-0.15, -0.1) is 0 Å². The first-order valence-corrected chi connectivity index (χ1v) is 4.71. The minimum atomic E-state index is -0.192. The van der Waals surface area contributed by atoms with Crippen LogP contribution >= 0.6 is 0 Å². The molecule has 1 heterocycles. The Hall–Kier alpha value is -1.35. The van der Waals surface area contributed by atoms with E-state index in [1.165, 1.54) is 0 Å². The smallest absolute Gasteiger partial charge is 0.159 e. The van der Waals surface area contributed by atoms with E-state index in [2.05, 4.69) is 4.90 Å². The van der Waals surface area contributed by atoms with Crippen LogP contribution in [0.3, 0.4) is 0 Å². The van der Waals surface area contributed by atoms with Crippen LogP contribution in [0.1, 0.15) is 17.3 Å². The molecule has 0 bridgehead atoms. The predicted octanol–water partition coefficient (Wildman–Crippen LogP) is 1.07. The largest absolute Gasteiger partial charge is 0.389 e. The Morgan fingerprint density at radius 3 is 2.36 bits per heavy atom. The van der Waals surface area contributed by atoms with Gasteiger partial charge in [0.1, 0.15) is 0 Å². The van der Waals surface area contributed by atoms with Gasteiger partial charge in [0.25, 0.3) is 0 Å². The van der Waals surface area contributed by atoms with Crippen LogP contribution in [0.2, 0.25) is 0 Å². The quantitative estimate of drug-likeness (QED) is 0.711. The van der Waals surface area contributed by atoms with Gasteiger partial charge in [-0.25, -0.2) is 0 Å². The number of benzene rings is 1. The second kappa shape index (κ2) is 3.42. The number of hydrogen-bond acceptors (Lipinski definition) is 3. The van der Waals surface area contributed by atoms with E-state index in [-0.39, 0.29) is 11.9 Å². The van der Waals surface area contributed by atoms with Crippen molar-refractivity contribution in [2.24, 2.45) is 0 Å². The summed E-state index contributed by atoms with van der Waals surface area (Å²) in [6.07, 6.45) is -0.192. The number of β-amino-alcohol motifs (C(OH)–C–C–N with tert-alkyl or cyclic N) is 1. The monoisotopic (exact) mass is 191 g/mol. The summed E-state index contributed by atoms with van der Waals surface area (Å²) in [5, 5.41) is 9.13. The molecule has 74 valence electrons. The van der Waals surface area contributed by atoms with Gasteiger partial charge >= 0.3 is 0 Å². The molecule has 1 aromatic rings. The maximum absolute atomic E-state index is 11.0. The van der Waals surface area contributed by atoms with Crippen LogP contribution in [0, 0.1) is 0 Å². The fourth-order valence-corrected chi connectivity index (χ4v) is 1.57. The van der Waals surface area contributed by atoms with Crippen molar-refractivity contribution in [3.63, 3.8) is 0 Å². The maximum Gasteiger partial charge on any atom is 0.159 e. The van der Waals surface area contributed by atoms with Gasteiger partial charge in [0, 0.05) is 24.3 Å². The molecule has 0 atom stereocenters. The molecule has 0 aromatic heterocycles. The van der Waals surface area contributed by atoms with E-state index in [4.69, 9.17) is 5.11 Å². The number of Topliss-reactive ketones (excluding diaryl/α,β-unsaturated/α-hetero) is 1. The molecule has 0 amide bonds. The lowest BCUT2D eigenvalue weighted by Gasteiger charge is -2.37. The third kappa shape index (κ3) is 1.63. The molecule has 3 nitrogen and oxygen atoms in total. The number of aliphatic hydroxyl groups excluding tert-OH is 1. The van der Waals surface area contributed by atoms with Crippen molar-refractivity contribution >= 4 is 11.5 Å². The molecule has 0 unspecified atom stereocenters. The maximum atomic E-state index is 11.0. The van der Waals surface area contributed by atoms with Crippen molar-refractivity contribution in [1.82, 2.24) is 0 Å². The molecule has 1 N–H and O–H groups in total. The summed E-state index contributed by atoms with van der Waals surface area (Å²) < 4.78 is 0. The van der Waals surface area contributed by atoms with Gasteiger partial charge in [0.15, 0.2) is 5.78 Å². The van der Waals surface area contributed by atoms with Crippen LogP contribution in [-0.4, -0.2) is 30.1 Å². The lowest BCUT2D eigenvalue weighted by Crippen LogP contribution is -2.50. The second-order valence-electron chi connectivity index (χ2n) is 3.66. The first kappa shape index (κ1) is 9.21. The molecular formula is C11H13NO2. The average molecular weight is 191 g/mol. The van der Waals surface area contributed by atoms with Crippen LogP contribution in [-0.2, 0) is 0 Å². The summed E-state index contributed by atoms with van der Waals surface area (Å²) in [7, 11) is 0. The standard InChI is InChI=1S/C11H13NO2/c1-8(13)9-2-4-10(5-3-9)12-6-11(14)7-12/h2-5,11,14H,6-7H2,1H3. The van der Waals surface area contributed by atoms with E-state index in [9.17, 15) is 4.79 Å². The van der Waals surface area contributed by atoms with E-state index in [1.807, 2.05) is 24.3 Å². The average Bonchev–Trinajstić information content (AvgIpc) is 2.13. The van der Waals surface area contributed by atoms with Gasteiger partial charge in [-0.3, -0.25) is 4.79 Å². The van der Waals surface area contributed by atoms with Crippen LogP contribution < -0.4 is 4.90 Å². The number of aliphatic hydroxyl groups is 1. The molecule has 2 rings (SSSR count). The lowest BCUT2D eigenvalue weighted by molar-refractivity contribution is 0.101. The number of rotatable bonds is 2. The van der Waals surface area contributed by atoms with Gasteiger partial charge in [-0.2, -0.15) is 0 Å². The van der Waals surface area contributed by atoms with E-state index >= 15 is 0 Å². The summed E-state index contributed by atoms with van der Waals surface area (Å²) in [6.45, 7) is 2.95. The Morgan fingerprint density at radius 2 is 1.93 bits per heavy atom. The topological polar surface area (TPSA) is 40.5 Å². The minimum Gasteiger partial charge on any atom is -0.389 e. The fourth-order valence-electron chi connectivity index (χ4n) is 1.57. The number of carbonyl (C=O) groups excluding carboxylic acids is 1. The van der Waals surface area contributed by atoms with E-state index < -0.39 is 0 Å². The molecule has 0 radical (unpaired) electrons. The number of nitrogens with zero attached hydrogens (tertiary/aromatic N) is 1. The van der Waals surface area contributed by atoms with Crippen molar-refractivity contribution in [1.29, 1.82) is 0 Å². The van der Waals surface area contributed by atoms with Crippen LogP contribution in [0.25, 0.3) is 0 Å². The molecule has 1 aliphatic rings. The van der Waals surface area contributed by atoms with E-state index in [0.29, 0.717) is 13.1 Å². The van der Waals surface area contributed by atoms with Crippen LogP contribution in [0.4, 0.5) is 5.69 Å². The first-order chi connectivity index (χ1) is 6.66. The third-order valence-corrected chi connectivity index (χ3v) is 2.50. The Bertz CT molecular complexity index is 339. The Morgan fingerprint density at radius 1 is 1.36 bits per heavy atom. The zero-order chi connectivity index (χ0) is 10.1. The highest BCUT2D eigenvalue weighted by Crippen LogP contribution is 2.21. The molecule has 14 heavy (non-hydrogen) atoms. The summed E-state index contributed by atoms with van der Waals surface area (Å²) in [5.41, 5.74) is 1.80. The molecule has 1 fully saturated rings. The summed E-state index contributed by atoms with van der Waals surface area (Å²) in [4.78, 5) is 13.1. The Kier molecular flexibility index (Phi) is 2.25. The van der Waals surface area contributed by atoms with Crippen molar-refractivity contribution in [3.05, 3.63) is 29.8 Å². The van der Waals surface area contributed by atoms with Crippen LogP contribution in [0.15, 0.2) is 24.3 Å². The highest BCUT2D eigenvalue weighted by Gasteiger charge is 2.24. The van der Waals surface area contributed by atoms with Crippen molar-refractivity contribution < 1.29 is 9.90 Å². The van der Waals surface area contributed by atoms with Gasteiger partial charge in [-0.05, 0) is 31.2 Å². The predicted molar refractivity (Wildman–Crippen MR) is 54.7 cm³/mol. The molecule has 1 saturated heterocycles. The second-order valence-corrected chi connectivity index (χ2v) is 3.66. The minimum absolute atomic E-state index is 0.0835. The Labute approximate surface area is 83.0 Å². The van der Waals surface area contributed by atoms with Crippen molar-refractivity contribution in [2.45, 2.75) is 13.0 Å². The zero-order valence-corrected chi connectivity index (χ0v) is 8.10.